The lowest BCUT2D eigenvalue weighted by Gasteiger charge is -2.31. The Labute approximate surface area is 179 Å². The highest BCUT2D eigenvalue weighted by Gasteiger charge is 2.27. The molecule has 2 N–H and O–H groups in total. The monoisotopic (exact) mass is 440 g/mol. The first-order valence-electron chi connectivity index (χ1n) is 10.2. The van der Waals surface area contributed by atoms with Crippen molar-refractivity contribution in [2.75, 3.05) is 38.5 Å². The zero-order chi connectivity index (χ0) is 21.3. The van der Waals surface area contributed by atoms with Crippen molar-refractivity contribution < 1.29 is 13.2 Å². The van der Waals surface area contributed by atoms with E-state index in [0.717, 1.165) is 32.4 Å². The second-order valence-corrected chi connectivity index (χ2v) is 9.74. The maximum absolute atomic E-state index is 12.7. The van der Waals surface area contributed by atoms with Gasteiger partial charge in [-0.15, -0.1) is 0 Å². The molecule has 2 rings (SSSR count). The van der Waals surface area contributed by atoms with E-state index in [1.54, 1.807) is 24.3 Å². The molecule has 0 aliphatic carbocycles. The van der Waals surface area contributed by atoms with Gasteiger partial charge in [0.1, 0.15) is 0 Å². The first-order chi connectivity index (χ1) is 13.8. The number of nitrogens with one attached hydrogen (secondary N) is 2. The zero-order valence-corrected chi connectivity index (χ0v) is 18.9. The lowest BCUT2D eigenvalue weighted by molar-refractivity contribution is -0.119. The van der Waals surface area contributed by atoms with Crippen molar-refractivity contribution in [3.63, 3.8) is 0 Å². The molecule has 1 heterocycles. The van der Waals surface area contributed by atoms with E-state index in [1.165, 1.54) is 17.1 Å². The van der Waals surface area contributed by atoms with Gasteiger partial charge in [-0.05, 0) is 50.0 Å². The Morgan fingerprint density at radius 1 is 1.03 bits per heavy atom. The predicted octanol–water partition coefficient (Wildman–Crippen LogP) is 2.80. The number of benzene rings is 1. The summed E-state index contributed by atoms with van der Waals surface area (Å²) in [5.74, 6) is -0.103. The number of carbonyl (C=O) groups is 1. The van der Waals surface area contributed by atoms with Crippen molar-refractivity contribution in [2.24, 2.45) is 0 Å². The summed E-state index contributed by atoms with van der Waals surface area (Å²) in [5, 5.41) is 5.82. The number of anilines is 1. The Kier molecular flexibility index (Phi) is 9.48. The molecule has 0 aromatic heterocycles. The smallest absolute Gasteiger partial charge is 0.243 e. The largest absolute Gasteiger partial charge is 0.332 e. The fraction of sp³-hybridized carbons (Fsp3) is 0.600. The van der Waals surface area contributed by atoms with Crippen molar-refractivity contribution in [3.05, 3.63) is 24.3 Å². The van der Waals surface area contributed by atoms with Gasteiger partial charge in [-0.1, -0.05) is 32.6 Å². The van der Waals surface area contributed by atoms with Gasteiger partial charge in [0.15, 0.2) is 5.11 Å². The molecule has 9 heteroatoms. The number of piperazine rings is 1. The number of hydrogen-bond donors (Lipinski definition) is 2. The summed E-state index contributed by atoms with van der Waals surface area (Å²) in [6, 6.07) is 6.45. The van der Waals surface area contributed by atoms with Gasteiger partial charge in [0, 0.05) is 38.3 Å². The van der Waals surface area contributed by atoms with E-state index in [4.69, 9.17) is 12.2 Å². The molecule has 1 fully saturated rings. The van der Waals surface area contributed by atoms with Crippen LogP contribution in [0.25, 0.3) is 0 Å². The Hall–Kier alpha value is -1.55. The van der Waals surface area contributed by atoms with Gasteiger partial charge in [0.25, 0.3) is 0 Å². The average molecular weight is 441 g/mol. The van der Waals surface area contributed by atoms with Gasteiger partial charge in [0.05, 0.1) is 4.90 Å². The summed E-state index contributed by atoms with van der Waals surface area (Å²) in [7, 11) is -1.51. The van der Waals surface area contributed by atoms with Crippen LogP contribution in [-0.2, 0) is 14.8 Å². The van der Waals surface area contributed by atoms with Crippen molar-refractivity contribution in [1.29, 1.82) is 0 Å². The predicted molar refractivity (Wildman–Crippen MR) is 120 cm³/mol. The van der Waals surface area contributed by atoms with Crippen LogP contribution in [-0.4, -0.2) is 61.9 Å². The second kappa shape index (κ2) is 11.6. The molecule has 0 bridgehead atoms. The quantitative estimate of drug-likeness (QED) is 0.454. The molecule has 1 aromatic rings. The van der Waals surface area contributed by atoms with E-state index in [1.807, 2.05) is 7.05 Å². The minimum absolute atomic E-state index is 0.103. The fourth-order valence-electron chi connectivity index (χ4n) is 3.13. The number of amides is 1. The molecule has 1 aliphatic rings. The minimum Gasteiger partial charge on any atom is -0.332 e. The van der Waals surface area contributed by atoms with Crippen LogP contribution in [0.4, 0.5) is 5.69 Å². The topological polar surface area (TPSA) is 81.8 Å². The van der Waals surface area contributed by atoms with Crippen LogP contribution in [0.3, 0.4) is 0 Å². The lowest BCUT2D eigenvalue weighted by Crippen LogP contribution is -2.46. The summed E-state index contributed by atoms with van der Waals surface area (Å²) in [4.78, 5) is 14.3. The number of unbranched alkanes of at least 4 members (excludes halogenated alkanes) is 4. The highest BCUT2D eigenvalue weighted by Crippen LogP contribution is 2.19. The molecule has 1 amide bonds. The minimum atomic E-state index is -3.49. The maximum atomic E-state index is 12.7. The normalized spacial score (nSPS) is 15.8. The third-order valence-electron chi connectivity index (χ3n) is 4.97. The Balaban J connectivity index is 1.82. The molecule has 0 atom stereocenters. The van der Waals surface area contributed by atoms with Crippen molar-refractivity contribution in [2.45, 2.75) is 50.3 Å². The van der Waals surface area contributed by atoms with Gasteiger partial charge in [-0.3, -0.25) is 4.79 Å². The van der Waals surface area contributed by atoms with Gasteiger partial charge < -0.3 is 15.5 Å². The number of sulfonamides is 1. The molecule has 1 aromatic carbocycles. The van der Waals surface area contributed by atoms with Crippen LogP contribution < -0.4 is 10.6 Å². The number of thiocarbonyl (C=S) groups is 1. The van der Waals surface area contributed by atoms with E-state index in [9.17, 15) is 13.2 Å². The first-order valence-corrected chi connectivity index (χ1v) is 12.1. The average Bonchev–Trinajstić information content (AvgIpc) is 2.68. The standard InChI is InChI=1S/C20H32N4O3S2/c1-3-4-5-6-7-8-19(25)22-20(28)21-17-9-11-18(12-10-17)29(26,27)24-15-13-23(2)14-16-24/h9-12H,3-8,13-16H2,1-2H3,(H2,21,22,25,28). The highest BCUT2D eigenvalue weighted by molar-refractivity contribution is 7.89. The van der Waals surface area contributed by atoms with Crippen LogP contribution in [0, 0.1) is 0 Å². The molecule has 0 radical (unpaired) electrons. The number of hydrogen-bond acceptors (Lipinski definition) is 5. The summed E-state index contributed by atoms with van der Waals surface area (Å²) in [6.07, 6.45) is 5.87. The zero-order valence-electron chi connectivity index (χ0n) is 17.3. The second-order valence-electron chi connectivity index (χ2n) is 7.40. The lowest BCUT2D eigenvalue weighted by atomic mass is 10.1. The molecule has 7 nitrogen and oxygen atoms in total. The molecule has 1 saturated heterocycles. The first kappa shape index (κ1) is 23.7. The third kappa shape index (κ3) is 7.65. The number of likely N-dealkylation sites (N-methyl/N-ethyl adjacent to an activating group) is 1. The Bertz CT molecular complexity index is 773. The third-order valence-corrected chi connectivity index (χ3v) is 7.09. The number of carbonyl (C=O) groups excluding carboxylic acids is 1. The van der Waals surface area contributed by atoms with E-state index in [0.29, 0.717) is 25.2 Å². The van der Waals surface area contributed by atoms with Crippen LogP contribution >= 0.6 is 12.2 Å². The molecule has 0 saturated carbocycles. The highest BCUT2D eigenvalue weighted by atomic mass is 32.2. The molecule has 0 unspecified atom stereocenters. The maximum Gasteiger partial charge on any atom is 0.243 e. The summed E-state index contributed by atoms with van der Waals surface area (Å²) >= 11 is 5.18. The van der Waals surface area contributed by atoms with E-state index in [2.05, 4.69) is 22.5 Å². The SMILES string of the molecule is CCCCCCCC(=O)NC(=S)Nc1ccc(S(=O)(=O)N2CCN(C)CC2)cc1. The molecule has 29 heavy (non-hydrogen) atoms. The van der Waals surface area contributed by atoms with Gasteiger partial charge in [-0.25, -0.2) is 8.42 Å². The molecule has 162 valence electrons. The van der Waals surface area contributed by atoms with Crippen LogP contribution in [0.15, 0.2) is 29.2 Å². The molecular formula is C20H32N4O3S2. The van der Waals surface area contributed by atoms with E-state index < -0.39 is 10.0 Å². The summed E-state index contributed by atoms with van der Waals surface area (Å²) in [5.41, 5.74) is 0.635. The number of nitrogens with zero attached hydrogens (tertiary/aromatic N) is 2. The fourth-order valence-corrected chi connectivity index (χ4v) is 4.78. The van der Waals surface area contributed by atoms with Crippen molar-refractivity contribution in [3.8, 4) is 0 Å². The van der Waals surface area contributed by atoms with E-state index >= 15 is 0 Å². The summed E-state index contributed by atoms with van der Waals surface area (Å²) in [6.45, 7) is 4.60. The van der Waals surface area contributed by atoms with Crippen LogP contribution in [0.5, 0.6) is 0 Å². The van der Waals surface area contributed by atoms with Crippen molar-refractivity contribution in [1.82, 2.24) is 14.5 Å². The van der Waals surface area contributed by atoms with Crippen LogP contribution in [0.2, 0.25) is 0 Å². The van der Waals surface area contributed by atoms with Gasteiger partial charge in [0.2, 0.25) is 15.9 Å². The molecular weight excluding hydrogens is 408 g/mol. The van der Waals surface area contributed by atoms with E-state index in [-0.39, 0.29) is 15.9 Å². The Morgan fingerprint density at radius 3 is 2.28 bits per heavy atom. The molecule has 1 aliphatic heterocycles. The van der Waals surface area contributed by atoms with Gasteiger partial charge in [-0.2, -0.15) is 4.31 Å². The van der Waals surface area contributed by atoms with Crippen molar-refractivity contribution >= 4 is 38.9 Å². The Morgan fingerprint density at radius 2 is 1.66 bits per heavy atom. The number of rotatable bonds is 9. The van der Waals surface area contributed by atoms with Crippen LogP contribution in [0.1, 0.15) is 45.4 Å². The molecule has 0 spiro atoms. The summed E-state index contributed by atoms with van der Waals surface area (Å²) < 4.78 is 27.0. The van der Waals surface area contributed by atoms with Gasteiger partial charge >= 0.3 is 0 Å².